The highest BCUT2D eigenvalue weighted by Gasteiger charge is 2.34. The molecular formula is C10H12N2O5S. The molecule has 1 N–H and O–H groups in total. The molecule has 18 heavy (non-hydrogen) atoms. The molecule has 1 atom stereocenters. The molecule has 1 aliphatic heterocycles. The molecule has 0 radical (unpaired) electrons. The van der Waals surface area contributed by atoms with Crippen LogP contribution in [0.1, 0.15) is 0 Å². The molecule has 0 aliphatic carbocycles. The SMILES string of the molecule is O=[N+]([O-])c1ccccc1S(=O)(=O)C1CNCCO1. The van der Waals surface area contributed by atoms with Gasteiger partial charge < -0.3 is 10.1 Å². The van der Waals surface area contributed by atoms with Crippen LogP contribution in [-0.2, 0) is 14.6 Å². The fourth-order valence-electron chi connectivity index (χ4n) is 1.73. The number of rotatable bonds is 3. The van der Waals surface area contributed by atoms with Gasteiger partial charge in [0.25, 0.3) is 5.69 Å². The van der Waals surface area contributed by atoms with E-state index in [-0.39, 0.29) is 18.0 Å². The van der Waals surface area contributed by atoms with Gasteiger partial charge in [0.05, 0.1) is 11.5 Å². The lowest BCUT2D eigenvalue weighted by molar-refractivity contribution is -0.387. The van der Waals surface area contributed by atoms with E-state index in [2.05, 4.69) is 5.32 Å². The van der Waals surface area contributed by atoms with Crippen LogP contribution in [0.25, 0.3) is 0 Å². The van der Waals surface area contributed by atoms with Gasteiger partial charge in [-0.1, -0.05) is 12.1 Å². The Hall–Kier alpha value is -1.51. The molecule has 1 heterocycles. The summed E-state index contributed by atoms with van der Waals surface area (Å²) in [7, 11) is -3.86. The summed E-state index contributed by atoms with van der Waals surface area (Å²) in [5, 5.41) is 13.7. The molecule has 8 heteroatoms. The van der Waals surface area contributed by atoms with E-state index < -0.39 is 25.9 Å². The third-order valence-corrected chi connectivity index (χ3v) is 4.56. The number of hydrogen-bond donors (Lipinski definition) is 1. The Bertz CT molecular complexity index is 551. The third-order valence-electron chi connectivity index (χ3n) is 2.61. The van der Waals surface area contributed by atoms with Crippen molar-refractivity contribution < 1.29 is 18.1 Å². The number of benzene rings is 1. The van der Waals surface area contributed by atoms with Gasteiger partial charge in [-0.2, -0.15) is 0 Å². The minimum absolute atomic E-state index is 0.133. The first-order valence-electron chi connectivity index (χ1n) is 5.33. The largest absolute Gasteiger partial charge is 0.359 e. The highest BCUT2D eigenvalue weighted by Crippen LogP contribution is 2.27. The molecular weight excluding hydrogens is 260 g/mol. The summed E-state index contributed by atoms with van der Waals surface area (Å²) < 4.78 is 29.6. The molecule has 1 unspecified atom stereocenters. The van der Waals surface area contributed by atoms with Gasteiger partial charge in [-0.3, -0.25) is 10.1 Å². The first-order valence-corrected chi connectivity index (χ1v) is 6.88. The molecule has 1 aliphatic rings. The fourth-order valence-corrected chi connectivity index (χ4v) is 3.33. The van der Waals surface area contributed by atoms with Crippen molar-refractivity contribution in [3.8, 4) is 0 Å². The van der Waals surface area contributed by atoms with Gasteiger partial charge in [-0.25, -0.2) is 8.42 Å². The summed E-state index contributed by atoms with van der Waals surface area (Å²) in [6.07, 6.45) is 0. The Labute approximate surface area is 104 Å². The maximum absolute atomic E-state index is 12.2. The van der Waals surface area contributed by atoms with Gasteiger partial charge in [-0.15, -0.1) is 0 Å². The zero-order valence-corrected chi connectivity index (χ0v) is 10.2. The first kappa shape index (κ1) is 12.9. The van der Waals surface area contributed by atoms with E-state index in [9.17, 15) is 18.5 Å². The second kappa shape index (κ2) is 5.01. The quantitative estimate of drug-likeness (QED) is 0.628. The van der Waals surface area contributed by atoms with E-state index in [4.69, 9.17) is 4.74 Å². The summed E-state index contributed by atoms with van der Waals surface area (Å²) in [6, 6.07) is 5.28. The molecule has 1 aromatic rings. The predicted molar refractivity (Wildman–Crippen MR) is 62.9 cm³/mol. The number of ether oxygens (including phenoxy) is 1. The second-order valence-corrected chi connectivity index (χ2v) is 5.83. The standard InChI is InChI=1S/C10H12N2O5S/c13-12(14)8-3-1-2-4-9(8)18(15,16)10-7-11-5-6-17-10/h1-4,10-11H,5-7H2. The highest BCUT2D eigenvalue weighted by atomic mass is 32.2. The van der Waals surface area contributed by atoms with E-state index >= 15 is 0 Å². The number of nitrogens with one attached hydrogen (secondary N) is 1. The van der Waals surface area contributed by atoms with Crippen LogP contribution in [0.3, 0.4) is 0 Å². The molecule has 0 amide bonds. The van der Waals surface area contributed by atoms with Crippen molar-refractivity contribution in [2.75, 3.05) is 19.7 Å². The molecule has 0 bridgehead atoms. The first-order chi connectivity index (χ1) is 8.53. The molecule has 7 nitrogen and oxygen atoms in total. The average Bonchev–Trinajstić information content (AvgIpc) is 2.39. The van der Waals surface area contributed by atoms with Crippen LogP contribution in [-0.4, -0.2) is 38.5 Å². The van der Waals surface area contributed by atoms with Gasteiger partial charge in [0.2, 0.25) is 9.84 Å². The summed E-state index contributed by atoms with van der Waals surface area (Å²) in [5.74, 6) is 0. The number of nitro benzene ring substituents is 1. The van der Waals surface area contributed by atoms with Crippen LogP contribution < -0.4 is 5.32 Å². The van der Waals surface area contributed by atoms with Gasteiger partial charge in [0.15, 0.2) is 5.44 Å². The third kappa shape index (κ3) is 2.35. The van der Waals surface area contributed by atoms with E-state index in [1.165, 1.54) is 24.3 Å². The van der Waals surface area contributed by atoms with E-state index in [1.54, 1.807) is 0 Å². The lowest BCUT2D eigenvalue weighted by Gasteiger charge is -2.23. The Balaban J connectivity index is 2.43. The van der Waals surface area contributed by atoms with E-state index in [0.29, 0.717) is 6.54 Å². The molecule has 98 valence electrons. The molecule has 1 fully saturated rings. The Morgan fingerprint density at radius 1 is 1.39 bits per heavy atom. The zero-order chi connectivity index (χ0) is 13.2. The predicted octanol–water partition coefficient (Wildman–Crippen LogP) is 0.314. The van der Waals surface area contributed by atoms with Crippen LogP contribution in [0.4, 0.5) is 5.69 Å². The Morgan fingerprint density at radius 2 is 2.11 bits per heavy atom. The summed E-state index contributed by atoms with van der Waals surface area (Å²) in [5.41, 5.74) is -1.50. The second-order valence-electron chi connectivity index (χ2n) is 3.77. The minimum Gasteiger partial charge on any atom is -0.359 e. The van der Waals surface area contributed by atoms with Crippen molar-refractivity contribution in [3.63, 3.8) is 0 Å². The Morgan fingerprint density at radius 3 is 2.72 bits per heavy atom. The topological polar surface area (TPSA) is 98.5 Å². The van der Waals surface area contributed by atoms with Gasteiger partial charge in [0, 0.05) is 19.2 Å². The van der Waals surface area contributed by atoms with Gasteiger partial charge in [-0.05, 0) is 6.07 Å². The number of morpholine rings is 1. The fraction of sp³-hybridized carbons (Fsp3) is 0.400. The van der Waals surface area contributed by atoms with Crippen LogP contribution >= 0.6 is 0 Å². The molecule has 1 aromatic carbocycles. The van der Waals surface area contributed by atoms with E-state index in [1.807, 2.05) is 0 Å². The minimum atomic E-state index is -3.86. The monoisotopic (exact) mass is 272 g/mol. The molecule has 0 aromatic heterocycles. The molecule has 1 saturated heterocycles. The Kier molecular flexibility index (Phi) is 3.60. The lowest BCUT2D eigenvalue weighted by Crippen LogP contribution is -2.43. The number of sulfone groups is 1. The molecule has 0 spiro atoms. The van der Waals surface area contributed by atoms with E-state index in [0.717, 1.165) is 0 Å². The van der Waals surface area contributed by atoms with Crippen LogP contribution in [0.2, 0.25) is 0 Å². The lowest BCUT2D eigenvalue weighted by atomic mass is 10.3. The number of hydrogen-bond acceptors (Lipinski definition) is 6. The normalized spacial score (nSPS) is 20.6. The van der Waals surface area contributed by atoms with Crippen molar-refractivity contribution in [2.45, 2.75) is 10.3 Å². The maximum Gasteiger partial charge on any atom is 0.288 e. The zero-order valence-electron chi connectivity index (χ0n) is 9.40. The van der Waals surface area contributed by atoms with Crippen molar-refractivity contribution in [1.82, 2.24) is 5.32 Å². The average molecular weight is 272 g/mol. The van der Waals surface area contributed by atoms with Crippen molar-refractivity contribution in [2.24, 2.45) is 0 Å². The van der Waals surface area contributed by atoms with Gasteiger partial charge in [0.1, 0.15) is 4.90 Å². The van der Waals surface area contributed by atoms with Crippen molar-refractivity contribution in [3.05, 3.63) is 34.4 Å². The number of para-hydroxylation sites is 1. The summed E-state index contributed by atoms with van der Waals surface area (Å²) in [4.78, 5) is 9.83. The van der Waals surface area contributed by atoms with Gasteiger partial charge >= 0.3 is 0 Å². The smallest absolute Gasteiger partial charge is 0.288 e. The van der Waals surface area contributed by atoms with Crippen LogP contribution in [0, 0.1) is 10.1 Å². The van der Waals surface area contributed by atoms with Crippen LogP contribution in [0.5, 0.6) is 0 Å². The van der Waals surface area contributed by atoms with Crippen LogP contribution in [0.15, 0.2) is 29.2 Å². The van der Waals surface area contributed by atoms with Crippen molar-refractivity contribution >= 4 is 15.5 Å². The van der Waals surface area contributed by atoms with Crippen molar-refractivity contribution in [1.29, 1.82) is 0 Å². The summed E-state index contributed by atoms with van der Waals surface area (Å²) >= 11 is 0. The maximum atomic E-state index is 12.2. The molecule has 2 rings (SSSR count). The number of nitrogens with zero attached hydrogens (tertiary/aromatic N) is 1. The number of nitro groups is 1. The highest BCUT2D eigenvalue weighted by molar-refractivity contribution is 7.92. The molecule has 0 saturated carbocycles. The summed E-state index contributed by atoms with van der Waals surface area (Å²) in [6.45, 7) is 0.974.